The van der Waals surface area contributed by atoms with Crippen LogP contribution in [-0.4, -0.2) is 41.7 Å². The zero-order chi connectivity index (χ0) is 18.6. The highest BCUT2D eigenvalue weighted by molar-refractivity contribution is 5.28. The molecule has 0 aromatic heterocycles. The van der Waals surface area contributed by atoms with E-state index in [-0.39, 0.29) is 31.7 Å². The summed E-state index contributed by atoms with van der Waals surface area (Å²) in [5, 5.41) is 25.7. The SMILES string of the molecule is CCC(CO)CO.CCC(CO)COc1ccc(C(F)(F)F)cc1. The maximum atomic E-state index is 12.3. The van der Waals surface area contributed by atoms with Gasteiger partial charge >= 0.3 is 6.18 Å². The smallest absolute Gasteiger partial charge is 0.416 e. The zero-order valence-corrected chi connectivity index (χ0v) is 14.1. The van der Waals surface area contributed by atoms with Gasteiger partial charge in [-0.1, -0.05) is 13.8 Å². The minimum absolute atomic E-state index is 0.0110. The third-order valence-corrected chi connectivity index (χ3v) is 3.60. The molecule has 0 aliphatic carbocycles. The molecule has 1 unspecified atom stereocenters. The van der Waals surface area contributed by atoms with Gasteiger partial charge in [0.25, 0.3) is 0 Å². The van der Waals surface area contributed by atoms with Gasteiger partial charge in [-0.25, -0.2) is 0 Å². The molecule has 4 nitrogen and oxygen atoms in total. The fourth-order valence-electron chi connectivity index (χ4n) is 1.57. The van der Waals surface area contributed by atoms with Crippen LogP contribution in [0.2, 0.25) is 0 Å². The van der Waals surface area contributed by atoms with Crippen LogP contribution in [0.3, 0.4) is 0 Å². The zero-order valence-electron chi connectivity index (χ0n) is 14.1. The standard InChI is InChI=1S/C12H15F3O2.C5H12O2/c1-2-9(7-16)8-17-11-5-3-10(4-6-11)12(13,14)15;1-2-5(3-6)4-7/h3-6,9,16H,2,7-8H2,1H3;5-7H,2-4H2,1H3. The molecule has 24 heavy (non-hydrogen) atoms. The number of hydrogen-bond donors (Lipinski definition) is 3. The topological polar surface area (TPSA) is 69.9 Å². The fraction of sp³-hybridized carbons (Fsp3) is 0.647. The molecule has 1 aromatic rings. The predicted octanol–water partition coefficient (Wildman–Crippen LogP) is 3.10. The lowest BCUT2D eigenvalue weighted by Gasteiger charge is -2.13. The summed E-state index contributed by atoms with van der Waals surface area (Å²) in [7, 11) is 0. The maximum absolute atomic E-state index is 12.3. The van der Waals surface area contributed by atoms with Crippen molar-refractivity contribution in [2.75, 3.05) is 26.4 Å². The Bertz CT molecular complexity index is 407. The molecule has 1 atom stereocenters. The molecule has 1 aromatic carbocycles. The Kier molecular flexibility index (Phi) is 11.4. The van der Waals surface area contributed by atoms with Crippen molar-refractivity contribution in [1.82, 2.24) is 0 Å². The lowest BCUT2D eigenvalue weighted by atomic mass is 10.1. The highest BCUT2D eigenvalue weighted by atomic mass is 19.4. The summed E-state index contributed by atoms with van der Waals surface area (Å²) < 4.78 is 42.1. The Morgan fingerprint density at radius 3 is 1.62 bits per heavy atom. The monoisotopic (exact) mass is 352 g/mol. The fourth-order valence-corrected chi connectivity index (χ4v) is 1.57. The molecule has 7 heteroatoms. The summed E-state index contributed by atoms with van der Waals surface area (Å²) in [5.74, 6) is 0.488. The average Bonchev–Trinajstić information content (AvgIpc) is 2.57. The molecule has 0 aliphatic heterocycles. The summed E-state index contributed by atoms with van der Waals surface area (Å²) >= 11 is 0. The first-order valence-corrected chi connectivity index (χ1v) is 7.94. The lowest BCUT2D eigenvalue weighted by Crippen LogP contribution is -2.15. The Morgan fingerprint density at radius 1 is 0.875 bits per heavy atom. The van der Waals surface area contributed by atoms with Crippen molar-refractivity contribution >= 4 is 0 Å². The molecule has 140 valence electrons. The van der Waals surface area contributed by atoms with Gasteiger partial charge in [0.05, 0.1) is 12.2 Å². The second-order valence-corrected chi connectivity index (χ2v) is 5.43. The minimum Gasteiger partial charge on any atom is -0.493 e. The number of benzene rings is 1. The second kappa shape index (κ2) is 12.1. The average molecular weight is 352 g/mol. The lowest BCUT2D eigenvalue weighted by molar-refractivity contribution is -0.137. The van der Waals surface area contributed by atoms with E-state index in [9.17, 15) is 13.2 Å². The van der Waals surface area contributed by atoms with E-state index >= 15 is 0 Å². The van der Waals surface area contributed by atoms with Crippen LogP contribution in [-0.2, 0) is 6.18 Å². The summed E-state index contributed by atoms with van der Waals surface area (Å²) in [6.07, 6.45) is -2.71. The number of ether oxygens (including phenoxy) is 1. The molecule has 0 fully saturated rings. The van der Waals surface area contributed by atoms with Crippen molar-refractivity contribution in [2.45, 2.75) is 32.9 Å². The summed E-state index contributed by atoms with van der Waals surface area (Å²) in [6.45, 7) is 4.38. The highest BCUT2D eigenvalue weighted by Gasteiger charge is 2.30. The van der Waals surface area contributed by atoms with Gasteiger partial charge in [0.15, 0.2) is 0 Å². The molecule has 1 rings (SSSR count). The molecular weight excluding hydrogens is 325 g/mol. The third kappa shape index (κ3) is 9.10. The number of aliphatic hydroxyl groups is 3. The van der Waals surface area contributed by atoms with Crippen molar-refractivity contribution in [3.63, 3.8) is 0 Å². The van der Waals surface area contributed by atoms with Crippen LogP contribution in [0.25, 0.3) is 0 Å². The van der Waals surface area contributed by atoms with Crippen LogP contribution in [0.4, 0.5) is 13.2 Å². The van der Waals surface area contributed by atoms with Crippen molar-refractivity contribution < 1.29 is 33.2 Å². The Morgan fingerprint density at radius 2 is 1.33 bits per heavy atom. The molecular formula is C17H27F3O4. The van der Waals surface area contributed by atoms with E-state index in [1.165, 1.54) is 12.1 Å². The van der Waals surface area contributed by atoms with Crippen LogP contribution >= 0.6 is 0 Å². The van der Waals surface area contributed by atoms with Gasteiger partial charge in [-0.3, -0.25) is 0 Å². The van der Waals surface area contributed by atoms with Crippen molar-refractivity contribution in [3.8, 4) is 5.75 Å². The van der Waals surface area contributed by atoms with Crippen LogP contribution < -0.4 is 4.74 Å². The minimum atomic E-state index is -4.32. The molecule has 0 radical (unpaired) electrons. The Balaban J connectivity index is 0.000000640. The molecule has 0 aliphatic rings. The van der Waals surface area contributed by atoms with Crippen molar-refractivity contribution in [3.05, 3.63) is 29.8 Å². The third-order valence-electron chi connectivity index (χ3n) is 3.60. The van der Waals surface area contributed by atoms with Gasteiger partial charge in [0, 0.05) is 31.7 Å². The number of alkyl halides is 3. The van der Waals surface area contributed by atoms with Crippen LogP contribution in [0.15, 0.2) is 24.3 Å². The molecule has 3 N–H and O–H groups in total. The van der Waals surface area contributed by atoms with E-state index in [1.807, 2.05) is 13.8 Å². The summed E-state index contributed by atoms with van der Waals surface area (Å²) in [5.41, 5.74) is -0.695. The van der Waals surface area contributed by atoms with Crippen molar-refractivity contribution in [2.24, 2.45) is 11.8 Å². The number of halogens is 3. The van der Waals surface area contributed by atoms with E-state index in [1.54, 1.807) is 0 Å². The van der Waals surface area contributed by atoms with Crippen LogP contribution in [0.1, 0.15) is 32.3 Å². The van der Waals surface area contributed by atoms with E-state index < -0.39 is 11.7 Å². The first-order chi connectivity index (χ1) is 11.3. The first kappa shape index (κ1) is 22.7. The normalized spacial score (nSPS) is 12.5. The maximum Gasteiger partial charge on any atom is 0.416 e. The quantitative estimate of drug-likeness (QED) is 0.672. The van der Waals surface area contributed by atoms with E-state index in [2.05, 4.69) is 0 Å². The first-order valence-electron chi connectivity index (χ1n) is 7.94. The van der Waals surface area contributed by atoms with Crippen LogP contribution in [0.5, 0.6) is 5.75 Å². The van der Waals surface area contributed by atoms with Crippen molar-refractivity contribution in [1.29, 1.82) is 0 Å². The molecule has 0 saturated carbocycles. The number of hydrogen-bond acceptors (Lipinski definition) is 4. The van der Waals surface area contributed by atoms with Gasteiger partial charge in [0.1, 0.15) is 5.75 Å². The molecule has 0 spiro atoms. The molecule has 0 bridgehead atoms. The molecule has 0 saturated heterocycles. The van der Waals surface area contributed by atoms with E-state index in [4.69, 9.17) is 20.1 Å². The second-order valence-electron chi connectivity index (χ2n) is 5.43. The van der Waals surface area contributed by atoms with Gasteiger partial charge in [0.2, 0.25) is 0 Å². The summed E-state index contributed by atoms with van der Waals surface area (Å²) in [4.78, 5) is 0. The molecule has 0 heterocycles. The predicted molar refractivity (Wildman–Crippen MR) is 85.8 cm³/mol. The number of rotatable bonds is 8. The number of aliphatic hydroxyl groups excluding tert-OH is 3. The van der Waals surface area contributed by atoms with Crippen LogP contribution in [0, 0.1) is 11.8 Å². The van der Waals surface area contributed by atoms with E-state index in [0.29, 0.717) is 12.4 Å². The largest absolute Gasteiger partial charge is 0.493 e. The van der Waals surface area contributed by atoms with E-state index in [0.717, 1.165) is 25.0 Å². The van der Waals surface area contributed by atoms with Gasteiger partial charge < -0.3 is 20.1 Å². The Labute approximate surface area is 140 Å². The highest BCUT2D eigenvalue weighted by Crippen LogP contribution is 2.30. The van der Waals surface area contributed by atoms with Gasteiger partial charge in [-0.15, -0.1) is 0 Å². The van der Waals surface area contributed by atoms with Gasteiger partial charge in [-0.05, 0) is 37.1 Å². The summed E-state index contributed by atoms with van der Waals surface area (Å²) in [6, 6.07) is 4.53. The van der Waals surface area contributed by atoms with Gasteiger partial charge in [-0.2, -0.15) is 13.2 Å². The Hall–Kier alpha value is -1.31. The molecule has 0 amide bonds.